The molecule has 0 radical (unpaired) electrons. The van der Waals surface area contributed by atoms with E-state index in [1.54, 1.807) is 19.1 Å². The van der Waals surface area contributed by atoms with Gasteiger partial charge < -0.3 is 19.6 Å². The summed E-state index contributed by atoms with van der Waals surface area (Å²) in [7, 11) is 1.45. The Morgan fingerprint density at radius 2 is 2.06 bits per heavy atom. The number of methoxy groups -OCH3 is 1. The van der Waals surface area contributed by atoms with Crippen LogP contribution in [0.5, 0.6) is 11.8 Å². The average Bonchev–Trinajstić information content (AvgIpc) is 2.81. The highest BCUT2D eigenvalue weighted by Crippen LogP contribution is 2.38. The standard InChI is InChI=1S/C25H22FN3O4/c1-13-21-20(23(29-25(28-21)32-2)27-15-8-4-3-5-9-15)24(31)33-22(13)17-12-16(30)11-14-7-6-10-18(26)19(14)17/h3-4,6-7,10-12,15,30H,5,8-9H2,1-2H3,(H,27,28,29). The summed E-state index contributed by atoms with van der Waals surface area (Å²) in [5.41, 5.74) is 0.459. The van der Waals surface area contributed by atoms with Gasteiger partial charge in [-0.05, 0) is 49.8 Å². The highest BCUT2D eigenvalue weighted by molar-refractivity contribution is 6.00. The number of nitrogens with zero attached hydrogens (tertiary/aromatic N) is 2. The molecule has 8 heteroatoms. The van der Waals surface area contributed by atoms with Gasteiger partial charge in [0.25, 0.3) is 0 Å². The number of phenols is 1. The Kier molecular flexibility index (Phi) is 5.20. The highest BCUT2D eigenvalue weighted by atomic mass is 19.1. The van der Waals surface area contributed by atoms with Gasteiger partial charge in [0.15, 0.2) is 0 Å². The van der Waals surface area contributed by atoms with Crippen LogP contribution < -0.4 is 15.7 Å². The third kappa shape index (κ3) is 3.67. The molecule has 2 aromatic heterocycles. The minimum Gasteiger partial charge on any atom is -0.508 e. The molecule has 0 saturated carbocycles. The predicted molar refractivity (Wildman–Crippen MR) is 124 cm³/mol. The molecule has 1 aliphatic rings. The van der Waals surface area contributed by atoms with Crippen molar-refractivity contribution in [2.45, 2.75) is 32.2 Å². The largest absolute Gasteiger partial charge is 0.508 e. The number of hydrogen-bond acceptors (Lipinski definition) is 7. The Bertz CT molecular complexity index is 1480. The lowest BCUT2D eigenvalue weighted by Crippen LogP contribution is -2.22. The lowest BCUT2D eigenvalue weighted by atomic mass is 9.98. The number of benzene rings is 2. The maximum atomic E-state index is 14.8. The maximum absolute atomic E-state index is 14.8. The third-order valence-corrected chi connectivity index (χ3v) is 5.93. The number of hydrogen-bond donors (Lipinski definition) is 2. The van der Waals surface area contributed by atoms with Crippen molar-refractivity contribution in [3.05, 3.63) is 64.3 Å². The zero-order valence-corrected chi connectivity index (χ0v) is 18.2. The molecular formula is C25H22FN3O4. The summed E-state index contributed by atoms with van der Waals surface area (Å²) < 4.78 is 25.8. The number of ether oxygens (including phenoxy) is 1. The zero-order valence-electron chi connectivity index (χ0n) is 18.2. The highest BCUT2D eigenvalue weighted by Gasteiger charge is 2.23. The van der Waals surface area contributed by atoms with Gasteiger partial charge in [0.2, 0.25) is 0 Å². The first-order chi connectivity index (χ1) is 16.0. The van der Waals surface area contributed by atoms with Crippen molar-refractivity contribution in [1.29, 1.82) is 0 Å². The fourth-order valence-electron chi connectivity index (χ4n) is 4.35. The zero-order chi connectivity index (χ0) is 23.1. The number of fused-ring (bicyclic) bond motifs is 2. The third-order valence-electron chi connectivity index (χ3n) is 5.93. The van der Waals surface area contributed by atoms with Gasteiger partial charge in [0, 0.05) is 22.6 Å². The number of halogens is 1. The Balaban J connectivity index is 1.77. The lowest BCUT2D eigenvalue weighted by molar-refractivity contribution is 0.382. The summed E-state index contributed by atoms with van der Waals surface area (Å²) in [5.74, 6) is -0.0888. The lowest BCUT2D eigenvalue weighted by Gasteiger charge is -2.21. The van der Waals surface area contributed by atoms with Crippen molar-refractivity contribution in [3.63, 3.8) is 0 Å². The number of aromatic hydroxyl groups is 1. The topological polar surface area (TPSA) is 97.5 Å². The predicted octanol–water partition coefficient (Wildman–Crippen LogP) is 5.09. The van der Waals surface area contributed by atoms with E-state index in [0.717, 1.165) is 19.3 Å². The number of anilines is 1. The van der Waals surface area contributed by atoms with Crippen molar-refractivity contribution >= 4 is 27.5 Å². The Morgan fingerprint density at radius 3 is 2.82 bits per heavy atom. The minimum absolute atomic E-state index is 0.0711. The Hall–Kier alpha value is -3.94. The second kappa shape index (κ2) is 8.20. The average molecular weight is 447 g/mol. The van der Waals surface area contributed by atoms with E-state index in [4.69, 9.17) is 9.15 Å². The molecule has 1 atom stereocenters. The van der Waals surface area contributed by atoms with Crippen LogP contribution in [0.1, 0.15) is 24.8 Å². The monoisotopic (exact) mass is 447 g/mol. The first kappa shape index (κ1) is 20.9. The summed E-state index contributed by atoms with van der Waals surface area (Å²) in [4.78, 5) is 22.0. The molecular weight excluding hydrogens is 425 g/mol. The van der Waals surface area contributed by atoms with E-state index in [1.165, 1.54) is 25.3 Å². The Labute approximate surface area is 188 Å². The first-order valence-electron chi connectivity index (χ1n) is 10.7. The number of phenolic OH excluding ortho intramolecular Hbond substituents is 1. The van der Waals surface area contributed by atoms with Gasteiger partial charge >= 0.3 is 11.6 Å². The van der Waals surface area contributed by atoms with Crippen LogP contribution in [0.3, 0.4) is 0 Å². The van der Waals surface area contributed by atoms with Crippen molar-refractivity contribution in [2.75, 3.05) is 12.4 Å². The molecule has 0 fully saturated rings. The summed E-state index contributed by atoms with van der Waals surface area (Å²) in [6.45, 7) is 1.73. The van der Waals surface area contributed by atoms with E-state index in [9.17, 15) is 14.3 Å². The van der Waals surface area contributed by atoms with Crippen LogP contribution in [0, 0.1) is 12.7 Å². The SMILES string of the molecule is COc1nc(NC2CC=CCC2)c2c(=O)oc(-c3cc(O)cc4cccc(F)c34)c(C)c2n1. The van der Waals surface area contributed by atoms with E-state index in [0.29, 0.717) is 22.3 Å². The van der Waals surface area contributed by atoms with Gasteiger partial charge in [-0.1, -0.05) is 24.3 Å². The van der Waals surface area contributed by atoms with Crippen molar-refractivity contribution in [3.8, 4) is 23.1 Å². The molecule has 0 saturated heterocycles. The molecule has 0 spiro atoms. The minimum atomic E-state index is -0.657. The Morgan fingerprint density at radius 1 is 1.21 bits per heavy atom. The van der Waals surface area contributed by atoms with Crippen LogP contribution in [0.15, 0.2) is 51.7 Å². The smallest absolute Gasteiger partial charge is 0.349 e. The van der Waals surface area contributed by atoms with Crippen LogP contribution in [-0.2, 0) is 0 Å². The number of aryl methyl sites for hydroxylation is 1. The molecule has 2 aromatic carbocycles. The van der Waals surface area contributed by atoms with Gasteiger partial charge in [-0.2, -0.15) is 9.97 Å². The van der Waals surface area contributed by atoms with Crippen molar-refractivity contribution < 1.29 is 18.7 Å². The summed E-state index contributed by atoms with van der Waals surface area (Å²) >= 11 is 0. The van der Waals surface area contributed by atoms with Crippen LogP contribution in [0.25, 0.3) is 33.0 Å². The molecule has 0 aliphatic heterocycles. The molecule has 33 heavy (non-hydrogen) atoms. The summed E-state index contributed by atoms with van der Waals surface area (Å²) in [6, 6.07) is 7.62. The summed E-state index contributed by atoms with van der Waals surface area (Å²) in [5, 5.41) is 14.5. The number of aromatic nitrogens is 2. The van der Waals surface area contributed by atoms with Gasteiger partial charge in [-0.3, -0.25) is 0 Å². The van der Waals surface area contributed by atoms with Gasteiger partial charge in [-0.15, -0.1) is 0 Å². The molecule has 1 aliphatic carbocycles. The van der Waals surface area contributed by atoms with Crippen molar-refractivity contribution in [2.24, 2.45) is 0 Å². The van der Waals surface area contributed by atoms with E-state index in [-0.39, 0.29) is 39.9 Å². The van der Waals surface area contributed by atoms with Gasteiger partial charge in [-0.25, -0.2) is 9.18 Å². The molecule has 0 bridgehead atoms. The van der Waals surface area contributed by atoms with Crippen LogP contribution in [-0.4, -0.2) is 28.2 Å². The van der Waals surface area contributed by atoms with Crippen LogP contribution in [0.2, 0.25) is 0 Å². The van der Waals surface area contributed by atoms with Crippen LogP contribution >= 0.6 is 0 Å². The molecule has 7 nitrogen and oxygen atoms in total. The molecule has 0 amide bonds. The molecule has 5 rings (SSSR count). The summed E-state index contributed by atoms with van der Waals surface area (Å²) in [6.07, 6.45) is 6.87. The van der Waals surface area contributed by atoms with Crippen LogP contribution in [0.4, 0.5) is 10.2 Å². The fraction of sp³-hybridized carbons (Fsp3) is 0.240. The van der Waals surface area contributed by atoms with E-state index < -0.39 is 11.4 Å². The quantitative estimate of drug-likeness (QED) is 0.421. The van der Waals surface area contributed by atoms with Crippen molar-refractivity contribution in [1.82, 2.24) is 9.97 Å². The van der Waals surface area contributed by atoms with E-state index in [2.05, 4.69) is 27.4 Å². The number of rotatable bonds is 4. The molecule has 168 valence electrons. The van der Waals surface area contributed by atoms with Gasteiger partial charge in [0.05, 0.1) is 12.6 Å². The normalized spacial score (nSPS) is 15.8. The number of allylic oxidation sites excluding steroid dienone is 1. The molecule has 1 unspecified atom stereocenters. The van der Waals surface area contributed by atoms with Gasteiger partial charge in [0.1, 0.15) is 28.5 Å². The van der Waals surface area contributed by atoms with E-state index >= 15 is 0 Å². The molecule has 2 N–H and O–H groups in total. The molecule has 4 aromatic rings. The second-order valence-corrected chi connectivity index (χ2v) is 8.08. The first-order valence-corrected chi connectivity index (χ1v) is 10.7. The maximum Gasteiger partial charge on any atom is 0.349 e. The molecule has 2 heterocycles. The van der Waals surface area contributed by atoms with E-state index in [1.807, 2.05) is 0 Å². The number of nitrogens with one attached hydrogen (secondary N) is 1. The second-order valence-electron chi connectivity index (χ2n) is 8.08. The fourth-order valence-corrected chi connectivity index (χ4v) is 4.35.